The fourth-order valence-corrected chi connectivity index (χ4v) is 4.03. The lowest BCUT2D eigenvalue weighted by atomic mass is 10.2. The second-order valence-corrected chi connectivity index (χ2v) is 7.01. The Morgan fingerprint density at radius 3 is 2.86 bits per heavy atom. The van der Waals surface area contributed by atoms with E-state index in [2.05, 4.69) is 20.3 Å². The molecular weight excluding hydrogens is 320 g/mol. The van der Waals surface area contributed by atoms with E-state index in [4.69, 9.17) is 4.42 Å². The van der Waals surface area contributed by atoms with Gasteiger partial charge in [-0.1, -0.05) is 11.3 Å². The van der Waals surface area contributed by atoms with Crippen molar-refractivity contribution in [2.75, 3.05) is 0 Å². The minimum atomic E-state index is 0.782. The molecule has 4 heterocycles. The van der Waals surface area contributed by atoms with Crippen molar-refractivity contribution in [3.63, 3.8) is 0 Å². The number of nitrogens with zero attached hydrogens (tertiary/aromatic N) is 6. The fourth-order valence-electron chi connectivity index (χ4n) is 2.17. The van der Waals surface area contributed by atoms with Crippen LogP contribution >= 0.6 is 23.1 Å². The van der Waals surface area contributed by atoms with Crippen molar-refractivity contribution >= 4 is 28.1 Å². The number of hydrogen-bond acceptors (Lipinski definition) is 7. The molecule has 22 heavy (non-hydrogen) atoms. The summed E-state index contributed by atoms with van der Waals surface area (Å²) in [6, 6.07) is 1.90. The average Bonchev–Trinajstić information content (AvgIpc) is 3.18. The third kappa shape index (κ3) is 2.13. The molecule has 0 amide bonds. The van der Waals surface area contributed by atoms with Crippen LogP contribution in [0, 0.1) is 13.8 Å². The molecule has 7 nitrogen and oxygen atoms in total. The summed E-state index contributed by atoms with van der Waals surface area (Å²) in [7, 11) is 1.94. The van der Waals surface area contributed by atoms with Gasteiger partial charge in [0.2, 0.25) is 4.96 Å². The number of imidazole rings is 1. The van der Waals surface area contributed by atoms with Crippen LogP contribution in [0.5, 0.6) is 0 Å². The van der Waals surface area contributed by atoms with Crippen LogP contribution in [0.25, 0.3) is 16.3 Å². The van der Waals surface area contributed by atoms with Gasteiger partial charge < -0.3 is 8.98 Å². The maximum Gasteiger partial charge on any atom is 0.213 e. The van der Waals surface area contributed by atoms with Crippen molar-refractivity contribution in [2.24, 2.45) is 7.05 Å². The van der Waals surface area contributed by atoms with Crippen LogP contribution in [0.2, 0.25) is 0 Å². The highest BCUT2D eigenvalue weighted by Gasteiger charge is 2.17. The molecule has 4 aromatic heterocycles. The van der Waals surface area contributed by atoms with Crippen molar-refractivity contribution in [3.05, 3.63) is 30.0 Å². The van der Waals surface area contributed by atoms with Gasteiger partial charge >= 0.3 is 0 Å². The Morgan fingerprint density at radius 1 is 1.27 bits per heavy atom. The summed E-state index contributed by atoms with van der Waals surface area (Å²) >= 11 is 3.02. The van der Waals surface area contributed by atoms with Crippen LogP contribution in [0.15, 0.2) is 32.4 Å². The Labute approximate surface area is 134 Å². The van der Waals surface area contributed by atoms with Crippen molar-refractivity contribution in [2.45, 2.75) is 23.3 Å². The number of fused-ring (bicyclic) bond motifs is 1. The molecule has 4 rings (SSSR count). The number of aromatic nitrogens is 6. The van der Waals surface area contributed by atoms with Crippen LogP contribution in [-0.4, -0.2) is 29.4 Å². The predicted octanol–water partition coefficient (Wildman–Crippen LogP) is 2.95. The smallest absolute Gasteiger partial charge is 0.213 e. The van der Waals surface area contributed by atoms with Crippen molar-refractivity contribution < 1.29 is 4.42 Å². The van der Waals surface area contributed by atoms with Gasteiger partial charge in [-0.05, 0) is 31.7 Å². The molecule has 0 atom stereocenters. The predicted molar refractivity (Wildman–Crippen MR) is 83.2 cm³/mol. The zero-order valence-corrected chi connectivity index (χ0v) is 13.8. The molecule has 0 unspecified atom stereocenters. The molecule has 0 saturated carbocycles. The Morgan fingerprint density at radius 2 is 2.14 bits per heavy atom. The second kappa shape index (κ2) is 4.96. The van der Waals surface area contributed by atoms with Gasteiger partial charge in [-0.3, -0.25) is 0 Å². The van der Waals surface area contributed by atoms with Gasteiger partial charge in [-0.2, -0.15) is 0 Å². The summed E-state index contributed by atoms with van der Waals surface area (Å²) in [5.74, 6) is 1.61. The van der Waals surface area contributed by atoms with E-state index in [1.54, 1.807) is 10.8 Å². The van der Waals surface area contributed by atoms with Crippen molar-refractivity contribution in [3.8, 4) is 11.4 Å². The third-order valence-corrected chi connectivity index (χ3v) is 5.27. The van der Waals surface area contributed by atoms with Gasteiger partial charge in [-0.15, -0.1) is 15.3 Å². The van der Waals surface area contributed by atoms with Crippen LogP contribution in [-0.2, 0) is 7.05 Å². The first-order valence-corrected chi connectivity index (χ1v) is 8.19. The quantitative estimate of drug-likeness (QED) is 0.574. The SMILES string of the molecule is Cc1cn2nc(Sc3nnc(-c4ccoc4C)n3C)sc2n1. The molecule has 0 N–H and O–H groups in total. The molecule has 0 saturated heterocycles. The molecule has 9 heteroatoms. The summed E-state index contributed by atoms with van der Waals surface area (Å²) in [4.78, 5) is 5.29. The van der Waals surface area contributed by atoms with Gasteiger partial charge in [0.25, 0.3) is 0 Å². The Kier molecular flexibility index (Phi) is 3.05. The lowest BCUT2D eigenvalue weighted by Gasteiger charge is -2.00. The van der Waals surface area contributed by atoms with E-state index in [1.807, 2.05) is 37.7 Å². The normalized spacial score (nSPS) is 11.6. The summed E-state index contributed by atoms with van der Waals surface area (Å²) in [6.45, 7) is 3.87. The highest BCUT2D eigenvalue weighted by Crippen LogP contribution is 2.32. The number of hydrogen-bond donors (Lipinski definition) is 0. The molecule has 0 aliphatic heterocycles. The average molecular weight is 332 g/mol. The summed E-state index contributed by atoms with van der Waals surface area (Å²) in [5, 5.41) is 13.8. The second-order valence-electron chi connectivity index (χ2n) is 4.84. The monoisotopic (exact) mass is 332 g/mol. The van der Waals surface area contributed by atoms with Crippen molar-refractivity contribution in [1.82, 2.24) is 29.4 Å². The largest absolute Gasteiger partial charge is 0.469 e. The molecule has 0 radical (unpaired) electrons. The van der Waals surface area contributed by atoms with E-state index in [0.717, 1.165) is 37.3 Å². The molecule has 0 aliphatic rings. The first-order chi connectivity index (χ1) is 10.6. The third-order valence-electron chi connectivity index (χ3n) is 3.26. The minimum Gasteiger partial charge on any atom is -0.469 e. The number of rotatable bonds is 3. The van der Waals surface area contributed by atoms with Gasteiger partial charge in [-0.25, -0.2) is 9.50 Å². The van der Waals surface area contributed by atoms with Crippen LogP contribution < -0.4 is 0 Å². The molecule has 0 bridgehead atoms. The first kappa shape index (κ1) is 13.5. The van der Waals surface area contributed by atoms with Gasteiger partial charge in [0.1, 0.15) is 5.76 Å². The zero-order chi connectivity index (χ0) is 15.3. The lowest BCUT2D eigenvalue weighted by Crippen LogP contribution is -1.94. The van der Waals surface area contributed by atoms with E-state index < -0.39 is 0 Å². The maximum atomic E-state index is 5.33. The summed E-state index contributed by atoms with van der Waals surface area (Å²) < 4.78 is 9.95. The molecular formula is C13H12N6OS2. The summed E-state index contributed by atoms with van der Waals surface area (Å²) in [5.41, 5.74) is 1.91. The standard InChI is InChI=1S/C13H12N6OS2/c1-7-6-19-11(14-7)21-13(17-19)22-12-16-15-10(18(12)3)9-4-5-20-8(9)2/h4-6H,1-3H3. The van der Waals surface area contributed by atoms with Crippen LogP contribution in [0.3, 0.4) is 0 Å². The summed E-state index contributed by atoms with van der Waals surface area (Å²) in [6.07, 6.45) is 3.57. The molecule has 0 spiro atoms. The molecule has 0 aliphatic carbocycles. The molecule has 112 valence electrons. The topological polar surface area (TPSA) is 74.0 Å². The van der Waals surface area contributed by atoms with E-state index in [-0.39, 0.29) is 0 Å². The fraction of sp³-hybridized carbons (Fsp3) is 0.231. The lowest BCUT2D eigenvalue weighted by molar-refractivity contribution is 0.534. The first-order valence-electron chi connectivity index (χ1n) is 6.56. The number of aryl methyl sites for hydroxylation is 2. The Bertz CT molecular complexity index is 931. The van der Waals surface area contributed by atoms with Gasteiger partial charge in [0, 0.05) is 7.05 Å². The van der Waals surface area contributed by atoms with Gasteiger partial charge in [0.05, 0.1) is 23.7 Å². The van der Waals surface area contributed by atoms with E-state index in [1.165, 1.54) is 23.1 Å². The Balaban J connectivity index is 1.67. The van der Waals surface area contributed by atoms with Crippen LogP contribution in [0.4, 0.5) is 0 Å². The van der Waals surface area contributed by atoms with Crippen molar-refractivity contribution in [1.29, 1.82) is 0 Å². The Hall–Kier alpha value is -2.13. The van der Waals surface area contributed by atoms with Gasteiger partial charge in [0.15, 0.2) is 15.3 Å². The minimum absolute atomic E-state index is 0.782. The van der Waals surface area contributed by atoms with E-state index in [9.17, 15) is 0 Å². The highest BCUT2D eigenvalue weighted by atomic mass is 32.2. The highest BCUT2D eigenvalue weighted by molar-refractivity contribution is 8.01. The number of furan rings is 1. The molecule has 4 aromatic rings. The van der Waals surface area contributed by atoms with Crippen LogP contribution in [0.1, 0.15) is 11.5 Å². The zero-order valence-electron chi connectivity index (χ0n) is 12.1. The molecule has 0 aromatic carbocycles. The van der Waals surface area contributed by atoms with E-state index in [0.29, 0.717) is 0 Å². The molecule has 0 fully saturated rings. The maximum absolute atomic E-state index is 5.33. The van der Waals surface area contributed by atoms with E-state index >= 15 is 0 Å².